The highest BCUT2D eigenvalue weighted by Gasteiger charge is 2.29. The van der Waals surface area contributed by atoms with Crippen molar-refractivity contribution in [1.29, 1.82) is 0 Å². The molecule has 5 heteroatoms. The molecule has 0 aliphatic carbocycles. The maximum Gasteiger partial charge on any atom is 0.129 e. The SMILES string of the molecule is COc1cc2c(cc1C=Nc1ccc(Cl)c(Cl)c1)C(C)=CC(C)(C)N2C. The van der Waals surface area contributed by atoms with E-state index in [2.05, 4.69) is 55.9 Å². The van der Waals surface area contributed by atoms with Gasteiger partial charge in [-0.1, -0.05) is 29.3 Å². The van der Waals surface area contributed by atoms with E-state index in [4.69, 9.17) is 27.9 Å². The van der Waals surface area contributed by atoms with E-state index in [1.807, 2.05) is 6.07 Å². The highest BCUT2D eigenvalue weighted by molar-refractivity contribution is 6.42. The number of methoxy groups -OCH3 is 1. The van der Waals surface area contributed by atoms with E-state index >= 15 is 0 Å². The summed E-state index contributed by atoms with van der Waals surface area (Å²) < 4.78 is 5.61. The number of nitrogens with zero attached hydrogens (tertiary/aromatic N) is 2. The van der Waals surface area contributed by atoms with Crippen molar-refractivity contribution in [3.63, 3.8) is 0 Å². The number of allylic oxidation sites excluding steroid dienone is 1. The van der Waals surface area contributed by atoms with Crippen LogP contribution in [0.25, 0.3) is 5.57 Å². The molecule has 26 heavy (non-hydrogen) atoms. The first-order valence-corrected chi connectivity index (χ1v) is 9.13. The number of aliphatic imine (C=N–C) groups is 1. The molecule has 1 aliphatic heterocycles. The first-order valence-electron chi connectivity index (χ1n) is 8.38. The van der Waals surface area contributed by atoms with E-state index in [1.54, 1.807) is 25.5 Å². The summed E-state index contributed by atoms with van der Waals surface area (Å²) in [6.45, 7) is 6.54. The quantitative estimate of drug-likeness (QED) is 0.569. The Morgan fingerprint density at radius 1 is 1.12 bits per heavy atom. The molecule has 1 aliphatic rings. The Hall–Kier alpha value is -1.97. The minimum atomic E-state index is -0.0439. The predicted octanol–water partition coefficient (Wildman–Crippen LogP) is 6.38. The van der Waals surface area contributed by atoms with Crippen molar-refractivity contribution in [2.75, 3.05) is 19.1 Å². The Balaban J connectivity index is 2.05. The summed E-state index contributed by atoms with van der Waals surface area (Å²) in [7, 11) is 3.78. The van der Waals surface area contributed by atoms with Crippen LogP contribution in [0, 0.1) is 0 Å². The number of benzene rings is 2. The van der Waals surface area contributed by atoms with Crippen LogP contribution in [0.2, 0.25) is 10.0 Å². The van der Waals surface area contributed by atoms with Gasteiger partial charge >= 0.3 is 0 Å². The van der Waals surface area contributed by atoms with Gasteiger partial charge in [0.1, 0.15) is 5.75 Å². The first kappa shape index (κ1) is 18.8. The van der Waals surface area contributed by atoms with Crippen LogP contribution in [0.15, 0.2) is 41.4 Å². The fraction of sp³-hybridized carbons (Fsp3) is 0.286. The minimum absolute atomic E-state index is 0.0439. The van der Waals surface area contributed by atoms with Crippen LogP contribution in [0.3, 0.4) is 0 Å². The van der Waals surface area contributed by atoms with Gasteiger partial charge in [0.05, 0.1) is 28.4 Å². The molecule has 3 rings (SSSR count). The molecule has 0 unspecified atom stereocenters. The summed E-state index contributed by atoms with van der Waals surface area (Å²) in [5.41, 5.74) is 5.19. The molecule has 1 heterocycles. The number of anilines is 1. The minimum Gasteiger partial charge on any atom is -0.496 e. The maximum atomic E-state index is 6.07. The zero-order valence-electron chi connectivity index (χ0n) is 15.6. The van der Waals surface area contributed by atoms with E-state index in [0.717, 1.165) is 22.7 Å². The summed E-state index contributed by atoms with van der Waals surface area (Å²) in [5.74, 6) is 0.782. The van der Waals surface area contributed by atoms with Crippen LogP contribution in [0.1, 0.15) is 31.9 Å². The van der Waals surface area contributed by atoms with Crippen LogP contribution in [0.4, 0.5) is 11.4 Å². The van der Waals surface area contributed by atoms with Crippen molar-refractivity contribution in [3.05, 3.63) is 57.6 Å². The van der Waals surface area contributed by atoms with Crippen molar-refractivity contribution < 1.29 is 4.74 Å². The van der Waals surface area contributed by atoms with E-state index in [9.17, 15) is 0 Å². The Morgan fingerprint density at radius 2 is 1.85 bits per heavy atom. The molecule has 0 saturated carbocycles. The summed E-state index contributed by atoms with van der Waals surface area (Å²) in [6, 6.07) is 9.50. The second-order valence-corrected chi connectivity index (χ2v) is 7.82. The van der Waals surface area contributed by atoms with Gasteiger partial charge in [-0.2, -0.15) is 0 Å². The second kappa shape index (κ2) is 6.98. The molecule has 0 aromatic heterocycles. The van der Waals surface area contributed by atoms with Gasteiger partial charge in [-0.05, 0) is 50.6 Å². The molecule has 0 N–H and O–H groups in total. The van der Waals surface area contributed by atoms with Crippen molar-refractivity contribution >= 4 is 46.4 Å². The third-order valence-electron chi connectivity index (χ3n) is 4.82. The Labute approximate surface area is 164 Å². The number of hydrogen-bond donors (Lipinski definition) is 0. The lowest BCUT2D eigenvalue weighted by atomic mass is 9.88. The molecule has 2 aromatic rings. The van der Waals surface area contributed by atoms with Gasteiger partial charge < -0.3 is 9.64 Å². The molecular formula is C21H22Cl2N2O. The van der Waals surface area contributed by atoms with Gasteiger partial charge in [-0.3, -0.25) is 4.99 Å². The smallest absolute Gasteiger partial charge is 0.129 e. The molecule has 0 radical (unpaired) electrons. The molecule has 2 aromatic carbocycles. The standard InChI is InChI=1S/C21H22Cl2N2O/c1-13-11-21(2,3)25(4)19-10-20(26-5)14(8-16(13)19)12-24-15-6-7-17(22)18(23)9-15/h6-12H,1-5H3. The van der Waals surface area contributed by atoms with Gasteiger partial charge in [0, 0.05) is 36.1 Å². The number of halogens is 2. The van der Waals surface area contributed by atoms with Gasteiger partial charge in [-0.25, -0.2) is 0 Å². The molecule has 0 spiro atoms. The van der Waals surface area contributed by atoms with Gasteiger partial charge in [0.2, 0.25) is 0 Å². The lowest BCUT2D eigenvalue weighted by Gasteiger charge is -2.40. The largest absolute Gasteiger partial charge is 0.496 e. The number of fused-ring (bicyclic) bond motifs is 1. The van der Waals surface area contributed by atoms with Crippen LogP contribution >= 0.6 is 23.2 Å². The van der Waals surface area contributed by atoms with Crippen LogP contribution in [-0.2, 0) is 0 Å². The van der Waals surface area contributed by atoms with Crippen LogP contribution in [-0.4, -0.2) is 25.9 Å². The lowest BCUT2D eigenvalue weighted by Crippen LogP contribution is -2.42. The predicted molar refractivity (Wildman–Crippen MR) is 113 cm³/mol. The lowest BCUT2D eigenvalue weighted by molar-refractivity contribution is 0.414. The molecule has 0 bridgehead atoms. The second-order valence-electron chi connectivity index (χ2n) is 7.01. The molecular weight excluding hydrogens is 367 g/mol. The summed E-state index contributed by atoms with van der Waals surface area (Å²) in [4.78, 5) is 6.79. The zero-order chi connectivity index (χ0) is 19.1. The van der Waals surface area contributed by atoms with E-state index < -0.39 is 0 Å². The maximum absolute atomic E-state index is 6.07. The highest BCUT2D eigenvalue weighted by atomic mass is 35.5. The number of hydrogen-bond acceptors (Lipinski definition) is 3. The van der Waals surface area contributed by atoms with Gasteiger partial charge in [0.25, 0.3) is 0 Å². The summed E-state index contributed by atoms with van der Waals surface area (Å²) in [5, 5.41) is 1.00. The van der Waals surface area contributed by atoms with E-state index in [-0.39, 0.29) is 5.54 Å². The number of rotatable bonds is 3. The Morgan fingerprint density at radius 3 is 2.50 bits per heavy atom. The van der Waals surface area contributed by atoms with E-state index in [0.29, 0.717) is 10.0 Å². The normalized spacial score (nSPS) is 15.8. The van der Waals surface area contributed by atoms with Crippen molar-refractivity contribution in [2.45, 2.75) is 26.3 Å². The molecule has 0 saturated heterocycles. The van der Waals surface area contributed by atoms with Crippen molar-refractivity contribution in [2.24, 2.45) is 4.99 Å². The van der Waals surface area contributed by atoms with E-state index in [1.165, 1.54) is 11.1 Å². The summed E-state index contributed by atoms with van der Waals surface area (Å²) >= 11 is 12.0. The Bertz CT molecular complexity index is 916. The first-order chi connectivity index (χ1) is 12.2. The fourth-order valence-electron chi connectivity index (χ4n) is 3.18. The number of likely N-dealkylation sites (N-methyl/N-ethyl adjacent to an activating group) is 1. The van der Waals surface area contributed by atoms with Gasteiger partial charge in [0.15, 0.2) is 0 Å². The van der Waals surface area contributed by atoms with Crippen molar-refractivity contribution in [3.8, 4) is 5.75 Å². The molecule has 3 nitrogen and oxygen atoms in total. The number of ether oxygens (including phenoxy) is 1. The highest BCUT2D eigenvalue weighted by Crippen LogP contribution is 2.41. The molecule has 0 fully saturated rings. The van der Waals surface area contributed by atoms with Crippen molar-refractivity contribution in [1.82, 2.24) is 0 Å². The third kappa shape index (κ3) is 3.46. The fourth-order valence-corrected chi connectivity index (χ4v) is 3.47. The average Bonchev–Trinajstić information content (AvgIpc) is 2.60. The third-order valence-corrected chi connectivity index (χ3v) is 5.56. The van der Waals surface area contributed by atoms with Gasteiger partial charge in [-0.15, -0.1) is 0 Å². The average molecular weight is 389 g/mol. The molecule has 0 atom stereocenters. The summed E-state index contributed by atoms with van der Waals surface area (Å²) in [6.07, 6.45) is 4.08. The molecule has 0 amide bonds. The Kier molecular flexibility index (Phi) is 5.05. The zero-order valence-corrected chi connectivity index (χ0v) is 17.1. The molecule has 136 valence electrons. The topological polar surface area (TPSA) is 24.8 Å². The van der Waals surface area contributed by atoms with Crippen LogP contribution in [0.5, 0.6) is 5.75 Å². The van der Waals surface area contributed by atoms with Crippen LogP contribution < -0.4 is 9.64 Å². The monoisotopic (exact) mass is 388 g/mol.